The van der Waals surface area contributed by atoms with Crippen molar-refractivity contribution in [2.45, 2.75) is 0 Å². The molecule has 0 aliphatic carbocycles. The van der Waals surface area contributed by atoms with Crippen LogP contribution in [-0.2, 0) is 0 Å². The number of carbonyl (C=O) groups is 2. The minimum Gasteiger partial charge on any atom is -0.496 e. The van der Waals surface area contributed by atoms with E-state index in [4.69, 9.17) is 16.3 Å². The van der Waals surface area contributed by atoms with E-state index in [1.807, 2.05) is 0 Å². The number of hydrogen-bond donors (Lipinski definition) is 3. The lowest BCUT2D eigenvalue weighted by molar-refractivity contribution is 0.0938. The third-order valence-electron chi connectivity index (χ3n) is 2.81. The molecule has 3 amide bonds. The molecule has 0 radical (unpaired) electrons. The van der Waals surface area contributed by atoms with Crippen LogP contribution in [0.5, 0.6) is 5.75 Å². The van der Waals surface area contributed by atoms with Crippen LogP contribution in [0, 0.1) is 0 Å². The first-order chi connectivity index (χ1) is 11.0. The largest absolute Gasteiger partial charge is 0.496 e. The monoisotopic (exact) mass is 397 g/mol. The minimum atomic E-state index is -0.576. The van der Waals surface area contributed by atoms with Crippen LogP contribution < -0.4 is 20.9 Å². The van der Waals surface area contributed by atoms with Crippen molar-refractivity contribution in [2.24, 2.45) is 0 Å². The lowest BCUT2D eigenvalue weighted by atomic mass is 10.2. The minimum absolute atomic E-state index is 0.365. The average Bonchev–Trinajstić information content (AvgIpc) is 2.54. The molecule has 0 bridgehead atoms. The number of methoxy groups -OCH3 is 1. The van der Waals surface area contributed by atoms with Crippen LogP contribution in [0.25, 0.3) is 0 Å². The number of urea groups is 1. The molecule has 23 heavy (non-hydrogen) atoms. The van der Waals surface area contributed by atoms with E-state index in [-0.39, 0.29) is 0 Å². The van der Waals surface area contributed by atoms with E-state index in [9.17, 15) is 9.59 Å². The summed E-state index contributed by atoms with van der Waals surface area (Å²) in [4.78, 5) is 23.7. The Balaban J connectivity index is 1.89. The second-order valence-electron chi connectivity index (χ2n) is 4.39. The van der Waals surface area contributed by atoms with E-state index in [1.165, 1.54) is 7.11 Å². The number of nitrogens with one attached hydrogen (secondary N) is 3. The van der Waals surface area contributed by atoms with Gasteiger partial charge in [-0.15, -0.1) is 0 Å². The molecule has 0 aliphatic rings. The molecule has 8 heteroatoms. The Bertz CT molecular complexity index is 722. The lowest BCUT2D eigenvalue weighted by Crippen LogP contribution is -2.43. The number of carbonyl (C=O) groups excluding carboxylic acids is 2. The van der Waals surface area contributed by atoms with Gasteiger partial charge in [-0.1, -0.05) is 11.6 Å². The van der Waals surface area contributed by atoms with Crippen LogP contribution in [0.3, 0.4) is 0 Å². The molecule has 0 saturated heterocycles. The normalized spacial score (nSPS) is 9.87. The Hall–Kier alpha value is -2.25. The molecule has 0 aromatic heterocycles. The van der Waals surface area contributed by atoms with Gasteiger partial charge in [0.05, 0.1) is 11.6 Å². The summed E-state index contributed by atoms with van der Waals surface area (Å²) < 4.78 is 5.72. The molecular formula is C15H13BrClN3O3. The van der Waals surface area contributed by atoms with E-state index in [1.54, 1.807) is 42.5 Å². The first-order valence-electron chi connectivity index (χ1n) is 6.46. The first-order valence-corrected chi connectivity index (χ1v) is 7.63. The Morgan fingerprint density at radius 2 is 1.78 bits per heavy atom. The van der Waals surface area contributed by atoms with Crippen molar-refractivity contribution in [3.05, 3.63) is 57.5 Å². The van der Waals surface area contributed by atoms with Crippen molar-refractivity contribution in [2.75, 3.05) is 12.4 Å². The molecule has 0 atom stereocenters. The SMILES string of the molecule is COc1ccc(C(=O)NNC(=O)Nc2ccc(Cl)cc2)cc1Br. The van der Waals surface area contributed by atoms with E-state index in [0.29, 0.717) is 26.5 Å². The van der Waals surface area contributed by atoms with Crippen LogP contribution in [0.15, 0.2) is 46.9 Å². The summed E-state index contributed by atoms with van der Waals surface area (Å²) >= 11 is 9.05. The Kier molecular flexibility index (Phi) is 5.84. The van der Waals surface area contributed by atoms with Crippen molar-refractivity contribution in [1.82, 2.24) is 10.9 Å². The first kappa shape index (κ1) is 17.1. The highest BCUT2D eigenvalue weighted by molar-refractivity contribution is 9.10. The number of rotatable bonds is 3. The number of anilines is 1. The Morgan fingerprint density at radius 3 is 2.39 bits per heavy atom. The molecule has 2 aromatic carbocycles. The fourth-order valence-corrected chi connectivity index (χ4v) is 2.36. The van der Waals surface area contributed by atoms with Gasteiger partial charge in [0.15, 0.2) is 0 Å². The Morgan fingerprint density at radius 1 is 1.09 bits per heavy atom. The standard InChI is InChI=1S/C15H13BrClN3O3/c1-23-13-7-2-9(8-12(13)16)14(21)19-20-15(22)18-11-5-3-10(17)4-6-11/h2-8H,1H3,(H,19,21)(H2,18,20,22). The zero-order chi connectivity index (χ0) is 16.8. The molecule has 0 fully saturated rings. The van der Waals surface area contributed by atoms with Gasteiger partial charge in [0.2, 0.25) is 0 Å². The zero-order valence-corrected chi connectivity index (χ0v) is 14.4. The molecule has 0 unspecified atom stereocenters. The fraction of sp³-hybridized carbons (Fsp3) is 0.0667. The summed E-state index contributed by atoms with van der Waals surface area (Å²) in [5.74, 6) is 0.148. The molecule has 0 saturated carbocycles. The highest BCUT2D eigenvalue weighted by Crippen LogP contribution is 2.25. The number of hydrogen-bond acceptors (Lipinski definition) is 3. The maximum atomic E-state index is 12.0. The van der Waals surface area contributed by atoms with Crippen LogP contribution in [-0.4, -0.2) is 19.0 Å². The third-order valence-corrected chi connectivity index (χ3v) is 3.68. The number of halogens is 2. The fourth-order valence-electron chi connectivity index (χ4n) is 1.69. The quantitative estimate of drug-likeness (QED) is 0.692. The van der Waals surface area contributed by atoms with Gasteiger partial charge in [-0.3, -0.25) is 10.2 Å². The highest BCUT2D eigenvalue weighted by atomic mass is 79.9. The average molecular weight is 399 g/mol. The molecule has 120 valence electrons. The number of hydrazine groups is 1. The van der Waals surface area contributed by atoms with Crippen LogP contribution in [0.4, 0.5) is 10.5 Å². The number of benzene rings is 2. The van der Waals surface area contributed by atoms with E-state index in [0.717, 1.165) is 0 Å². The second-order valence-corrected chi connectivity index (χ2v) is 5.68. The lowest BCUT2D eigenvalue weighted by Gasteiger charge is -2.10. The predicted molar refractivity (Wildman–Crippen MR) is 91.8 cm³/mol. The van der Waals surface area contributed by atoms with Gasteiger partial charge in [-0.05, 0) is 58.4 Å². The van der Waals surface area contributed by atoms with Crippen molar-refractivity contribution >= 4 is 45.2 Å². The van der Waals surface area contributed by atoms with Crippen molar-refractivity contribution in [1.29, 1.82) is 0 Å². The van der Waals surface area contributed by atoms with Gasteiger partial charge in [-0.25, -0.2) is 10.2 Å². The van der Waals surface area contributed by atoms with Crippen LogP contribution >= 0.6 is 27.5 Å². The topological polar surface area (TPSA) is 79.5 Å². The molecular weight excluding hydrogens is 386 g/mol. The van der Waals surface area contributed by atoms with Gasteiger partial charge in [0.25, 0.3) is 5.91 Å². The van der Waals surface area contributed by atoms with Crippen LogP contribution in [0.1, 0.15) is 10.4 Å². The summed E-state index contributed by atoms with van der Waals surface area (Å²) in [6.45, 7) is 0. The smallest absolute Gasteiger partial charge is 0.337 e. The van der Waals surface area contributed by atoms with Gasteiger partial charge >= 0.3 is 6.03 Å². The molecule has 3 N–H and O–H groups in total. The maximum absolute atomic E-state index is 12.0. The van der Waals surface area contributed by atoms with Gasteiger partial charge < -0.3 is 10.1 Å². The molecule has 6 nitrogen and oxygen atoms in total. The molecule has 0 spiro atoms. The molecule has 2 rings (SSSR count). The van der Waals surface area contributed by atoms with Crippen molar-refractivity contribution in [3.63, 3.8) is 0 Å². The Labute approximate surface area is 146 Å². The van der Waals surface area contributed by atoms with E-state index >= 15 is 0 Å². The third kappa shape index (κ3) is 4.87. The van der Waals surface area contributed by atoms with Gasteiger partial charge in [-0.2, -0.15) is 0 Å². The van der Waals surface area contributed by atoms with Crippen LogP contribution in [0.2, 0.25) is 5.02 Å². The zero-order valence-electron chi connectivity index (χ0n) is 12.0. The predicted octanol–water partition coefficient (Wildman–Crippen LogP) is 3.58. The number of amides is 3. The number of ether oxygens (including phenoxy) is 1. The molecule has 2 aromatic rings. The van der Waals surface area contributed by atoms with E-state index < -0.39 is 11.9 Å². The van der Waals surface area contributed by atoms with Gasteiger partial charge in [0, 0.05) is 16.3 Å². The summed E-state index contributed by atoms with van der Waals surface area (Å²) in [5, 5.41) is 3.12. The van der Waals surface area contributed by atoms with E-state index in [2.05, 4.69) is 32.1 Å². The molecule has 0 heterocycles. The molecule has 0 aliphatic heterocycles. The second kappa shape index (κ2) is 7.85. The summed E-state index contributed by atoms with van der Waals surface area (Å²) in [6.07, 6.45) is 0. The summed E-state index contributed by atoms with van der Waals surface area (Å²) in [7, 11) is 1.53. The van der Waals surface area contributed by atoms with Gasteiger partial charge in [0.1, 0.15) is 5.75 Å². The maximum Gasteiger partial charge on any atom is 0.337 e. The van der Waals surface area contributed by atoms with Crippen molar-refractivity contribution in [3.8, 4) is 5.75 Å². The summed E-state index contributed by atoms with van der Waals surface area (Å²) in [5.41, 5.74) is 5.48. The summed E-state index contributed by atoms with van der Waals surface area (Å²) in [6, 6.07) is 10.8. The highest BCUT2D eigenvalue weighted by Gasteiger charge is 2.10. The van der Waals surface area contributed by atoms with Crippen molar-refractivity contribution < 1.29 is 14.3 Å².